The van der Waals surface area contributed by atoms with Crippen molar-refractivity contribution in [3.05, 3.63) is 63.8 Å². The molecule has 0 radical (unpaired) electrons. The van der Waals surface area contributed by atoms with Gasteiger partial charge in [-0.3, -0.25) is 0 Å². The number of rotatable bonds is 4. The lowest BCUT2D eigenvalue weighted by Crippen LogP contribution is -1.96. The molecular weight excluding hydrogens is 334 g/mol. The third-order valence-corrected chi connectivity index (χ3v) is 5.78. The van der Waals surface area contributed by atoms with E-state index in [0.717, 1.165) is 33.2 Å². The summed E-state index contributed by atoms with van der Waals surface area (Å²) in [7, 11) is 1.91. The van der Waals surface area contributed by atoms with Crippen molar-refractivity contribution in [2.75, 3.05) is 12.4 Å². The van der Waals surface area contributed by atoms with Gasteiger partial charge in [0.2, 0.25) is 0 Å². The Labute approximate surface area is 149 Å². The molecule has 1 aromatic carbocycles. The van der Waals surface area contributed by atoms with Crippen molar-refractivity contribution in [2.24, 2.45) is 0 Å². The first-order valence-electron chi connectivity index (χ1n) is 7.80. The summed E-state index contributed by atoms with van der Waals surface area (Å²) < 4.78 is 0. The van der Waals surface area contributed by atoms with Crippen LogP contribution in [0, 0.1) is 6.92 Å². The van der Waals surface area contributed by atoms with Gasteiger partial charge in [0.05, 0.1) is 10.3 Å². The zero-order valence-corrected chi connectivity index (χ0v) is 15.2. The molecule has 0 unspecified atom stereocenters. The summed E-state index contributed by atoms with van der Waals surface area (Å²) in [5.74, 6) is 1.70. The first kappa shape index (κ1) is 15.3. The van der Waals surface area contributed by atoms with Crippen molar-refractivity contribution in [1.29, 1.82) is 0 Å². The molecule has 0 saturated heterocycles. The predicted octanol–water partition coefficient (Wildman–Crippen LogP) is 5.36. The van der Waals surface area contributed by atoms with Crippen LogP contribution >= 0.6 is 22.7 Å². The third kappa shape index (κ3) is 2.92. The number of anilines is 1. The monoisotopic (exact) mass is 351 g/mol. The first-order valence-corrected chi connectivity index (χ1v) is 9.50. The standard InChI is InChI=1S/C19H17N3S2/c1-12-5-3-6-13(9-12)10-14-11-15-17(20-2)21-18(22-19(15)24-14)16-7-4-8-23-16/h3-9,11H,10H2,1-2H3,(H,20,21,22). The summed E-state index contributed by atoms with van der Waals surface area (Å²) in [4.78, 5) is 12.9. The second-order valence-electron chi connectivity index (χ2n) is 5.72. The van der Waals surface area contributed by atoms with Crippen molar-refractivity contribution >= 4 is 38.7 Å². The highest BCUT2D eigenvalue weighted by molar-refractivity contribution is 7.18. The van der Waals surface area contributed by atoms with Crippen LogP contribution in [0.2, 0.25) is 0 Å². The molecule has 0 aliphatic heterocycles. The van der Waals surface area contributed by atoms with Gasteiger partial charge in [-0.2, -0.15) is 0 Å². The summed E-state index contributed by atoms with van der Waals surface area (Å²) in [5.41, 5.74) is 2.63. The van der Waals surface area contributed by atoms with Crippen molar-refractivity contribution in [3.8, 4) is 10.7 Å². The molecule has 0 aliphatic rings. The smallest absolute Gasteiger partial charge is 0.173 e. The highest BCUT2D eigenvalue weighted by Crippen LogP contribution is 2.33. The van der Waals surface area contributed by atoms with E-state index in [4.69, 9.17) is 9.97 Å². The van der Waals surface area contributed by atoms with Crippen molar-refractivity contribution in [1.82, 2.24) is 9.97 Å². The molecule has 0 fully saturated rings. The van der Waals surface area contributed by atoms with Gasteiger partial charge in [0.15, 0.2) is 5.82 Å². The summed E-state index contributed by atoms with van der Waals surface area (Å²) in [5, 5.41) is 6.38. The van der Waals surface area contributed by atoms with Crippen LogP contribution < -0.4 is 5.32 Å². The topological polar surface area (TPSA) is 37.8 Å². The van der Waals surface area contributed by atoms with Crippen LogP contribution in [0.5, 0.6) is 0 Å². The fourth-order valence-electron chi connectivity index (χ4n) is 2.79. The number of fused-ring (bicyclic) bond motifs is 1. The van der Waals surface area contributed by atoms with E-state index in [9.17, 15) is 0 Å². The van der Waals surface area contributed by atoms with Crippen LogP contribution in [-0.4, -0.2) is 17.0 Å². The summed E-state index contributed by atoms with van der Waals surface area (Å²) >= 11 is 3.42. The predicted molar refractivity (Wildman–Crippen MR) is 104 cm³/mol. The van der Waals surface area contributed by atoms with Crippen LogP contribution in [0.1, 0.15) is 16.0 Å². The molecule has 0 saturated carbocycles. The molecule has 4 aromatic rings. The molecule has 3 heterocycles. The molecule has 3 aromatic heterocycles. The number of benzene rings is 1. The number of aromatic nitrogens is 2. The Bertz CT molecular complexity index is 987. The van der Waals surface area contributed by atoms with E-state index in [1.165, 1.54) is 16.0 Å². The minimum absolute atomic E-state index is 0.797. The second-order valence-corrected chi connectivity index (χ2v) is 7.78. The molecule has 5 heteroatoms. The molecule has 0 spiro atoms. The Balaban J connectivity index is 1.76. The van der Waals surface area contributed by atoms with Gasteiger partial charge in [-0.05, 0) is 30.0 Å². The minimum atomic E-state index is 0.797. The average Bonchev–Trinajstić information content (AvgIpc) is 3.23. The molecule has 24 heavy (non-hydrogen) atoms. The zero-order valence-electron chi connectivity index (χ0n) is 13.5. The molecule has 3 nitrogen and oxygen atoms in total. The fraction of sp³-hybridized carbons (Fsp3) is 0.158. The minimum Gasteiger partial charge on any atom is -0.372 e. The van der Waals surface area contributed by atoms with Gasteiger partial charge in [0, 0.05) is 18.3 Å². The lowest BCUT2D eigenvalue weighted by atomic mass is 10.1. The van der Waals surface area contributed by atoms with E-state index in [-0.39, 0.29) is 0 Å². The number of nitrogens with one attached hydrogen (secondary N) is 1. The number of hydrogen-bond acceptors (Lipinski definition) is 5. The summed E-state index contributed by atoms with van der Waals surface area (Å²) in [6.07, 6.45) is 0.931. The van der Waals surface area contributed by atoms with E-state index in [1.807, 2.05) is 13.1 Å². The normalized spacial score (nSPS) is 11.1. The van der Waals surface area contributed by atoms with Crippen LogP contribution in [-0.2, 0) is 6.42 Å². The molecular formula is C19H17N3S2. The maximum absolute atomic E-state index is 4.78. The Morgan fingerprint density at radius 1 is 1.08 bits per heavy atom. The van der Waals surface area contributed by atoms with Crippen molar-refractivity contribution in [3.63, 3.8) is 0 Å². The summed E-state index contributed by atoms with van der Waals surface area (Å²) in [6, 6.07) is 15.0. The molecule has 0 atom stereocenters. The maximum Gasteiger partial charge on any atom is 0.173 e. The number of aryl methyl sites for hydroxylation is 1. The largest absolute Gasteiger partial charge is 0.372 e. The lowest BCUT2D eigenvalue weighted by molar-refractivity contribution is 1.22. The quantitative estimate of drug-likeness (QED) is 0.538. The number of nitrogens with zero attached hydrogens (tertiary/aromatic N) is 2. The third-order valence-electron chi connectivity index (χ3n) is 3.88. The van der Waals surface area contributed by atoms with E-state index in [0.29, 0.717) is 0 Å². The van der Waals surface area contributed by atoms with Crippen LogP contribution in [0.3, 0.4) is 0 Å². The lowest BCUT2D eigenvalue weighted by Gasteiger charge is -2.03. The van der Waals surface area contributed by atoms with Crippen LogP contribution in [0.15, 0.2) is 47.8 Å². The van der Waals surface area contributed by atoms with Crippen LogP contribution in [0.25, 0.3) is 20.9 Å². The van der Waals surface area contributed by atoms with Gasteiger partial charge in [0.25, 0.3) is 0 Å². The molecule has 0 bridgehead atoms. The van der Waals surface area contributed by atoms with Gasteiger partial charge in [-0.15, -0.1) is 22.7 Å². The van der Waals surface area contributed by atoms with E-state index in [1.54, 1.807) is 22.7 Å². The Morgan fingerprint density at radius 2 is 2.00 bits per heavy atom. The van der Waals surface area contributed by atoms with E-state index in [2.05, 4.69) is 54.0 Å². The first-order chi connectivity index (χ1) is 11.7. The van der Waals surface area contributed by atoms with Gasteiger partial charge < -0.3 is 5.32 Å². The Morgan fingerprint density at radius 3 is 2.75 bits per heavy atom. The highest BCUT2D eigenvalue weighted by atomic mass is 32.1. The van der Waals surface area contributed by atoms with E-state index >= 15 is 0 Å². The molecule has 0 aliphatic carbocycles. The summed E-state index contributed by atoms with van der Waals surface area (Å²) in [6.45, 7) is 2.13. The highest BCUT2D eigenvalue weighted by Gasteiger charge is 2.13. The fourth-order valence-corrected chi connectivity index (χ4v) is 4.51. The van der Waals surface area contributed by atoms with Gasteiger partial charge in [-0.1, -0.05) is 35.9 Å². The second kappa shape index (κ2) is 6.34. The zero-order chi connectivity index (χ0) is 16.5. The van der Waals surface area contributed by atoms with Crippen molar-refractivity contribution < 1.29 is 0 Å². The Kier molecular flexibility index (Phi) is 4.04. The molecule has 1 N–H and O–H groups in total. The maximum atomic E-state index is 4.78. The Hall–Kier alpha value is -2.24. The molecule has 120 valence electrons. The van der Waals surface area contributed by atoms with Crippen LogP contribution in [0.4, 0.5) is 5.82 Å². The van der Waals surface area contributed by atoms with Gasteiger partial charge in [0.1, 0.15) is 10.6 Å². The van der Waals surface area contributed by atoms with Gasteiger partial charge >= 0.3 is 0 Å². The average molecular weight is 352 g/mol. The van der Waals surface area contributed by atoms with E-state index < -0.39 is 0 Å². The number of hydrogen-bond donors (Lipinski definition) is 1. The molecule has 4 rings (SSSR count). The number of thiophene rings is 2. The SMILES string of the molecule is CNc1nc(-c2cccs2)nc2sc(Cc3cccc(C)c3)cc12. The van der Waals surface area contributed by atoms with Crippen molar-refractivity contribution in [2.45, 2.75) is 13.3 Å². The van der Waals surface area contributed by atoms with Gasteiger partial charge in [-0.25, -0.2) is 9.97 Å². The molecule has 0 amide bonds.